The van der Waals surface area contributed by atoms with E-state index in [1.807, 2.05) is 24.3 Å². The lowest BCUT2D eigenvalue weighted by atomic mass is 10.1. The quantitative estimate of drug-likeness (QED) is 0.718. The molecule has 0 bridgehead atoms. The van der Waals surface area contributed by atoms with Gasteiger partial charge in [0, 0.05) is 10.7 Å². The Morgan fingerprint density at radius 2 is 1.75 bits per heavy atom. The molecule has 0 saturated heterocycles. The molecular weight excluding hydrogens is 330 g/mol. The summed E-state index contributed by atoms with van der Waals surface area (Å²) in [6.07, 6.45) is 5.92. The molecule has 1 nitrogen and oxygen atoms in total. The van der Waals surface area contributed by atoms with E-state index in [9.17, 15) is 0 Å². The van der Waals surface area contributed by atoms with Crippen LogP contribution < -0.4 is 0 Å². The highest BCUT2D eigenvalue weighted by molar-refractivity contribution is 9.11. The van der Waals surface area contributed by atoms with Crippen LogP contribution >= 0.6 is 31.9 Å². The number of rotatable bonds is 2. The Bertz CT molecular complexity index is 507. The summed E-state index contributed by atoms with van der Waals surface area (Å²) in [5, 5.41) is 0. The number of halogens is 2. The zero-order valence-electron chi connectivity index (χ0n) is 8.40. The third-order valence-electron chi connectivity index (χ3n) is 2.11. The number of nitrogens with zero attached hydrogens (tertiary/aromatic N) is 1. The Morgan fingerprint density at radius 1 is 1.00 bits per heavy atom. The van der Waals surface area contributed by atoms with Crippen molar-refractivity contribution in [2.75, 3.05) is 0 Å². The summed E-state index contributed by atoms with van der Waals surface area (Å²) in [4.78, 5) is 4.13. The maximum Gasteiger partial charge on any atom is 0.106 e. The van der Waals surface area contributed by atoms with Gasteiger partial charge >= 0.3 is 0 Å². The Hall–Kier alpha value is -0.930. The van der Waals surface area contributed by atoms with E-state index in [-0.39, 0.29) is 0 Å². The van der Waals surface area contributed by atoms with E-state index < -0.39 is 0 Å². The van der Waals surface area contributed by atoms with Gasteiger partial charge < -0.3 is 0 Å². The second-order valence-corrected chi connectivity index (χ2v) is 4.94. The highest BCUT2D eigenvalue weighted by Crippen LogP contribution is 2.21. The summed E-state index contributed by atoms with van der Waals surface area (Å²) in [7, 11) is 0. The molecule has 1 aromatic heterocycles. The highest BCUT2D eigenvalue weighted by atomic mass is 79.9. The van der Waals surface area contributed by atoms with Gasteiger partial charge in [0.15, 0.2) is 0 Å². The standard InChI is InChI=1S/C13H9Br2N/c14-12-9-16-13(15)8-11(12)7-6-10-4-2-1-3-5-10/h1-9H/b7-6+. The van der Waals surface area contributed by atoms with E-state index in [4.69, 9.17) is 0 Å². The summed E-state index contributed by atoms with van der Waals surface area (Å²) in [5.41, 5.74) is 2.29. The molecule has 0 aliphatic heterocycles. The van der Waals surface area contributed by atoms with Crippen molar-refractivity contribution in [1.29, 1.82) is 0 Å². The number of benzene rings is 1. The first-order valence-corrected chi connectivity index (χ1v) is 6.38. The number of aromatic nitrogens is 1. The van der Waals surface area contributed by atoms with Crippen LogP contribution in [-0.2, 0) is 0 Å². The van der Waals surface area contributed by atoms with Crippen molar-refractivity contribution in [2.24, 2.45) is 0 Å². The van der Waals surface area contributed by atoms with Gasteiger partial charge in [-0.3, -0.25) is 0 Å². The van der Waals surface area contributed by atoms with Crippen LogP contribution in [0.1, 0.15) is 11.1 Å². The molecule has 0 spiro atoms. The largest absolute Gasteiger partial charge is 0.248 e. The molecule has 0 amide bonds. The van der Waals surface area contributed by atoms with Crippen LogP contribution in [-0.4, -0.2) is 4.98 Å². The second-order valence-electron chi connectivity index (χ2n) is 3.27. The lowest BCUT2D eigenvalue weighted by Crippen LogP contribution is -1.80. The summed E-state index contributed by atoms with van der Waals surface area (Å²) < 4.78 is 1.83. The molecule has 1 aromatic carbocycles. The average molecular weight is 339 g/mol. The lowest BCUT2D eigenvalue weighted by Gasteiger charge is -1.98. The first-order chi connectivity index (χ1) is 7.75. The predicted molar refractivity (Wildman–Crippen MR) is 75.0 cm³/mol. The molecule has 0 unspecified atom stereocenters. The molecule has 80 valence electrons. The maximum atomic E-state index is 4.13. The summed E-state index contributed by atoms with van der Waals surface area (Å²) >= 11 is 6.83. The van der Waals surface area contributed by atoms with Crippen molar-refractivity contribution in [3.8, 4) is 0 Å². The maximum absolute atomic E-state index is 4.13. The van der Waals surface area contributed by atoms with E-state index in [0.717, 1.165) is 14.6 Å². The Balaban J connectivity index is 2.27. The summed E-state index contributed by atoms with van der Waals surface area (Å²) in [6.45, 7) is 0. The molecule has 2 aromatic rings. The SMILES string of the molecule is Brc1cc(/C=C/c2ccccc2)c(Br)cn1. The Labute approximate surface area is 111 Å². The van der Waals surface area contributed by atoms with Crippen molar-refractivity contribution in [1.82, 2.24) is 4.98 Å². The highest BCUT2D eigenvalue weighted by Gasteiger charge is 1.97. The lowest BCUT2D eigenvalue weighted by molar-refractivity contribution is 1.25. The molecule has 0 aliphatic rings. The van der Waals surface area contributed by atoms with Crippen LogP contribution in [0.15, 0.2) is 51.7 Å². The first-order valence-electron chi connectivity index (χ1n) is 4.80. The van der Waals surface area contributed by atoms with Gasteiger partial charge in [0.2, 0.25) is 0 Å². The second kappa shape index (κ2) is 5.41. The molecule has 0 N–H and O–H groups in total. The normalized spacial score (nSPS) is 10.9. The molecule has 0 radical (unpaired) electrons. The minimum Gasteiger partial charge on any atom is -0.248 e. The van der Waals surface area contributed by atoms with Gasteiger partial charge in [-0.05, 0) is 49.1 Å². The van der Waals surface area contributed by atoms with E-state index >= 15 is 0 Å². The van der Waals surface area contributed by atoms with Crippen LogP contribution in [0.2, 0.25) is 0 Å². The monoisotopic (exact) mass is 337 g/mol. The molecule has 16 heavy (non-hydrogen) atoms. The van der Waals surface area contributed by atoms with E-state index in [0.29, 0.717) is 0 Å². The van der Waals surface area contributed by atoms with Crippen molar-refractivity contribution >= 4 is 44.0 Å². The minimum absolute atomic E-state index is 0.836. The van der Waals surface area contributed by atoms with E-state index in [1.165, 1.54) is 5.56 Å². The third kappa shape index (κ3) is 3.03. The van der Waals surface area contributed by atoms with Gasteiger partial charge in [-0.25, -0.2) is 4.98 Å². The number of hydrogen-bond donors (Lipinski definition) is 0. The fourth-order valence-electron chi connectivity index (χ4n) is 1.31. The Kier molecular flexibility index (Phi) is 3.91. The van der Waals surface area contributed by atoms with E-state index in [1.54, 1.807) is 6.20 Å². The molecule has 0 aliphatic carbocycles. The first kappa shape index (κ1) is 11.6. The van der Waals surface area contributed by atoms with Gasteiger partial charge in [0.1, 0.15) is 4.60 Å². The molecule has 3 heteroatoms. The van der Waals surface area contributed by atoms with Crippen molar-refractivity contribution in [2.45, 2.75) is 0 Å². The molecule has 0 saturated carbocycles. The van der Waals surface area contributed by atoms with Gasteiger partial charge in [-0.1, -0.05) is 42.5 Å². The summed E-state index contributed by atoms with van der Waals surface area (Å²) in [5.74, 6) is 0. The fourth-order valence-corrected chi connectivity index (χ4v) is 2.00. The van der Waals surface area contributed by atoms with Crippen LogP contribution in [0.3, 0.4) is 0 Å². The van der Waals surface area contributed by atoms with E-state index in [2.05, 4.69) is 61.1 Å². The minimum atomic E-state index is 0.836. The third-order valence-corrected chi connectivity index (χ3v) is 3.20. The number of pyridine rings is 1. The summed E-state index contributed by atoms with van der Waals surface area (Å²) in [6, 6.07) is 12.2. The number of hydrogen-bond acceptors (Lipinski definition) is 1. The van der Waals surface area contributed by atoms with Gasteiger partial charge in [-0.2, -0.15) is 0 Å². The fraction of sp³-hybridized carbons (Fsp3) is 0. The van der Waals surface area contributed by atoms with Crippen LogP contribution in [0.4, 0.5) is 0 Å². The van der Waals surface area contributed by atoms with Gasteiger partial charge in [0.25, 0.3) is 0 Å². The molecule has 0 atom stereocenters. The zero-order valence-corrected chi connectivity index (χ0v) is 11.6. The van der Waals surface area contributed by atoms with Gasteiger partial charge in [-0.15, -0.1) is 0 Å². The zero-order chi connectivity index (χ0) is 11.4. The predicted octanol–water partition coefficient (Wildman–Crippen LogP) is 4.78. The Morgan fingerprint density at radius 3 is 2.50 bits per heavy atom. The average Bonchev–Trinajstić information content (AvgIpc) is 2.32. The molecule has 0 fully saturated rings. The molecular formula is C13H9Br2N. The van der Waals surface area contributed by atoms with Crippen molar-refractivity contribution in [3.05, 3.63) is 62.8 Å². The van der Waals surface area contributed by atoms with Gasteiger partial charge in [0.05, 0.1) is 0 Å². The topological polar surface area (TPSA) is 12.9 Å². The van der Waals surface area contributed by atoms with Crippen molar-refractivity contribution < 1.29 is 0 Å². The van der Waals surface area contributed by atoms with Crippen LogP contribution in [0.25, 0.3) is 12.2 Å². The van der Waals surface area contributed by atoms with Crippen molar-refractivity contribution in [3.63, 3.8) is 0 Å². The smallest absolute Gasteiger partial charge is 0.106 e. The van der Waals surface area contributed by atoms with Crippen LogP contribution in [0.5, 0.6) is 0 Å². The van der Waals surface area contributed by atoms with Crippen LogP contribution in [0, 0.1) is 0 Å². The molecule has 1 heterocycles. The molecule has 2 rings (SSSR count).